The largest absolute Gasteiger partial charge is 0.490 e. The van der Waals surface area contributed by atoms with Crippen molar-refractivity contribution in [2.24, 2.45) is 0 Å². The van der Waals surface area contributed by atoms with Gasteiger partial charge in [0.15, 0.2) is 0 Å². The van der Waals surface area contributed by atoms with Crippen molar-refractivity contribution in [3.05, 3.63) is 48.3 Å². The SMILES string of the molecule is CNCCc1cn(S(=O)(=O)c2ccc3c(c2)OCCN3C)c2cccnc12.O=CO. The topological polar surface area (TPSA) is 114 Å². The fourth-order valence-electron chi connectivity index (χ4n) is 3.35. The van der Waals surface area contributed by atoms with Gasteiger partial charge in [-0.05, 0) is 49.8 Å². The van der Waals surface area contributed by atoms with Gasteiger partial charge >= 0.3 is 0 Å². The summed E-state index contributed by atoms with van der Waals surface area (Å²) in [7, 11) is 0.0725. The van der Waals surface area contributed by atoms with Crippen molar-refractivity contribution in [3.63, 3.8) is 0 Å². The molecule has 0 fully saturated rings. The first kappa shape index (κ1) is 21.6. The summed E-state index contributed by atoms with van der Waals surface area (Å²) in [6, 6.07) is 8.57. The number of benzene rings is 1. The number of carbonyl (C=O) groups is 1. The first-order valence-electron chi connectivity index (χ1n) is 9.35. The molecule has 0 saturated carbocycles. The Morgan fingerprint density at radius 3 is 2.83 bits per heavy atom. The van der Waals surface area contributed by atoms with Gasteiger partial charge < -0.3 is 20.1 Å². The summed E-state index contributed by atoms with van der Waals surface area (Å²) in [5.74, 6) is 0.592. The molecule has 160 valence electrons. The number of fused-ring (bicyclic) bond motifs is 2. The van der Waals surface area contributed by atoms with E-state index in [1.165, 1.54) is 3.97 Å². The van der Waals surface area contributed by atoms with Crippen LogP contribution in [0.1, 0.15) is 5.56 Å². The molecule has 0 saturated heterocycles. The van der Waals surface area contributed by atoms with Crippen LogP contribution in [0.25, 0.3) is 11.0 Å². The molecular formula is C20H24N4O5S. The highest BCUT2D eigenvalue weighted by Gasteiger charge is 2.24. The third kappa shape index (κ3) is 4.10. The van der Waals surface area contributed by atoms with E-state index >= 15 is 0 Å². The Balaban J connectivity index is 0.000000806. The highest BCUT2D eigenvalue weighted by molar-refractivity contribution is 7.90. The number of hydrogen-bond acceptors (Lipinski definition) is 7. The predicted molar refractivity (Wildman–Crippen MR) is 114 cm³/mol. The molecule has 1 aliphatic rings. The summed E-state index contributed by atoms with van der Waals surface area (Å²) in [5.41, 5.74) is 3.09. The number of rotatable bonds is 5. The minimum absolute atomic E-state index is 0.206. The quantitative estimate of drug-likeness (QED) is 0.584. The molecule has 1 aromatic carbocycles. The summed E-state index contributed by atoms with van der Waals surface area (Å²) in [5, 5.41) is 9.98. The predicted octanol–water partition coefficient (Wildman–Crippen LogP) is 1.56. The van der Waals surface area contributed by atoms with Crippen molar-refractivity contribution in [2.75, 3.05) is 38.7 Å². The van der Waals surface area contributed by atoms with E-state index in [1.54, 1.807) is 42.7 Å². The Kier molecular flexibility index (Phi) is 6.58. The molecule has 9 nitrogen and oxygen atoms in total. The molecular weight excluding hydrogens is 408 g/mol. The van der Waals surface area contributed by atoms with Gasteiger partial charge in [0, 0.05) is 25.5 Å². The maximum atomic E-state index is 13.4. The molecule has 2 N–H and O–H groups in total. The number of aromatic nitrogens is 2. The van der Waals surface area contributed by atoms with Gasteiger partial charge in [0.1, 0.15) is 12.4 Å². The summed E-state index contributed by atoms with van der Waals surface area (Å²) >= 11 is 0. The fraction of sp³-hybridized carbons (Fsp3) is 0.300. The van der Waals surface area contributed by atoms with E-state index in [1.807, 2.05) is 14.1 Å². The average molecular weight is 433 g/mol. The second kappa shape index (κ2) is 9.14. The number of ether oxygens (including phenoxy) is 1. The molecule has 4 rings (SSSR count). The lowest BCUT2D eigenvalue weighted by atomic mass is 10.2. The number of nitrogens with zero attached hydrogens (tertiary/aromatic N) is 3. The normalized spacial score (nSPS) is 13.2. The number of pyridine rings is 1. The summed E-state index contributed by atoms with van der Waals surface area (Å²) in [6.45, 7) is 1.81. The van der Waals surface area contributed by atoms with E-state index < -0.39 is 10.0 Å². The van der Waals surface area contributed by atoms with Crippen molar-refractivity contribution in [2.45, 2.75) is 11.3 Å². The van der Waals surface area contributed by atoms with Gasteiger partial charge in [0.05, 0.1) is 28.2 Å². The summed E-state index contributed by atoms with van der Waals surface area (Å²) in [4.78, 5) is 15.0. The van der Waals surface area contributed by atoms with Crippen molar-refractivity contribution in [1.29, 1.82) is 0 Å². The lowest BCUT2D eigenvalue weighted by Crippen LogP contribution is -2.29. The lowest BCUT2D eigenvalue weighted by Gasteiger charge is -2.27. The molecule has 0 unspecified atom stereocenters. The van der Waals surface area contributed by atoms with Gasteiger partial charge in [-0.3, -0.25) is 9.78 Å². The Morgan fingerprint density at radius 2 is 2.10 bits per heavy atom. The van der Waals surface area contributed by atoms with Crippen molar-refractivity contribution >= 4 is 33.2 Å². The van der Waals surface area contributed by atoms with Crippen LogP contribution in [-0.4, -0.2) is 62.7 Å². The van der Waals surface area contributed by atoms with E-state index in [0.717, 1.165) is 24.3 Å². The van der Waals surface area contributed by atoms with Gasteiger partial charge in [0.2, 0.25) is 0 Å². The molecule has 0 atom stereocenters. The summed E-state index contributed by atoms with van der Waals surface area (Å²) in [6.07, 6.45) is 4.06. The Morgan fingerprint density at radius 1 is 1.33 bits per heavy atom. The molecule has 0 spiro atoms. The number of anilines is 1. The molecule has 2 aromatic heterocycles. The third-order valence-corrected chi connectivity index (χ3v) is 6.50. The number of hydrogen-bond donors (Lipinski definition) is 2. The van der Waals surface area contributed by atoms with Gasteiger partial charge in [-0.1, -0.05) is 0 Å². The van der Waals surface area contributed by atoms with Crippen LogP contribution < -0.4 is 15.0 Å². The highest BCUT2D eigenvalue weighted by Crippen LogP contribution is 2.34. The number of carboxylic acid groups (broad SMARTS) is 1. The van der Waals surface area contributed by atoms with Crippen LogP contribution >= 0.6 is 0 Å². The second-order valence-electron chi connectivity index (χ2n) is 6.68. The maximum Gasteiger partial charge on any atom is 0.290 e. The zero-order valence-corrected chi connectivity index (χ0v) is 17.6. The maximum absolute atomic E-state index is 13.4. The standard InChI is InChI=1S/C19H22N4O3S.CH2O2/c1-20-9-7-14-13-23(17-4-3-8-21-19(14)17)27(24,25)15-5-6-16-18(12-15)26-11-10-22(16)2;2-1-3/h3-6,8,12-13,20H,7,9-11H2,1-2H3;1H,(H,2,3). The van der Waals surface area contributed by atoms with Gasteiger partial charge in [-0.2, -0.15) is 0 Å². The van der Waals surface area contributed by atoms with Crippen LogP contribution in [0.2, 0.25) is 0 Å². The second-order valence-corrected chi connectivity index (χ2v) is 8.50. The van der Waals surface area contributed by atoms with E-state index in [0.29, 0.717) is 29.8 Å². The van der Waals surface area contributed by atoms with E-state index in [9.17, 15) is 8.42 Å². The smallest absolute Gasteiger partial charge is 0.290 e. The molecule has 3 aromatic rings. The van der Waals surface area contributed by atoms with E-state index in [-0.39, 0.29) is 11.4 Å². The van der Waals surface area contributed by atoms with Crippen LogP contribution in [0.3, 0.4) is 0 Å². The van der Waals surface area contributed by atoms with Crippen LogP contribution in [0.5, 0.6) is 5.75 Å². The molecule has 10 heteroatoms. The average Bonchev–Trinajstić information content (AvgIpc) is 3.12. The number of nitrogens with one attached hydrogen (secondary N) is 1. The monoisotopic (exact) mass is 432 g/mol. The van der Waals surface area contributed by atoms with E-state index in [2.05, 4.69) is 15.2 Å². The van der Waals surface area contributed by atoms with Crippen LogP contribution in [0, 0.1) is 0 Å². The Labute approximate surface area is 175 Å². The minimum Gasteiger partial charge on any atom is -0.490 e. The summed E-state index contributed by atoms with van der Waals surface area (Å²) < 4.78 is 33.7. The molecule has 30 heavy (non-hydrogen) atoms. The first-order valence-corrected chi connectivity index (χ1v) is 10.8. The minimum atomic E-state index is -3.76. The van der Waals surface area contributed by atoms with Crippen molar-refractivity contribution in [1.82, 2.24) is 14.3 Å². The highest BCUT2D eigenvalue weighted by atomic mass is 32.2. The van der Waals surface area contributed by atoms with Gasteiger partial charge in [-0.15, -0.1) is 0 Å². The van der Waals surface area contributed by atoms with E-state index in [4.69, 9.17) is 14.6 Å². The zero-order chi connectivity index (χ0) is 21.7. The fourth-order valence-corrected chi connectivity index (χ4v) is 4.74. The molecule has 1 aliphatic heterocycles. The van der Waals surface area contributed by atoms with Gasteiger partial charge in [-0.25, -0.2) is 12.4 Å². The third-order valence-electron chi connectivity index (χ3n) is 4.83. The lowest BCUT2D eigenvalue weighted by molar-refractivity contribution is -0.122. The van der Waals surface area contributed by atoms with Crippen molar-refractivity contribution in [3.8, 4) is 5.75 Å². The molecule has 3 heterocycles. The number of likely N-dealkylation sites (N-methyl/N-ethyl adjacent to an activating group) is 2. The first-order chi connectivity index (χ1) is 14.4. The zero-order valence-electron chi connectivity index (χ0n) is 16.8. The van der Waals surface area contributed by atoms with Crippen LogP contribution in [-0.2, 0) is 21.2 Å². The molecule has 0 bridgehead atoms. The van der Waals surface area contributed by atoms with Crippen LogP contribution in [0.15, 0.2) is 47.6 Å². The molecule has 0 amide bonds. The van der Waals surface area contributed by atoms with Crippen LogP contribution in [0.4, 0.5) is 5.69 Å². The Bertz CT molecular complexity index is 1140. The van der Waals surface area contributed by atoms with Crippen molar-refractivity contribution < 1.29 is 23.1 Å². The van der Waals surface area contributed by atoms with Gasteiger partial charge in [0.25, 0.3) is 16.5 Å². The molecule has 0 radical (unpaired) electrons. The molecule has 0 aliphatic carbocycles. The Hall–Kier alpha value is -3.11.